The van der Waals surface area contributed by atoms with Gasteiger partial charge in [0, 0.05) is 31.4 Å². The van der Waals surface area contributed by atoms with Crippen LogP contribution in [0.15, 0.2) is 61.1 Å². The number of nitrogens with one attached hydrogen (secondary N) is 1. The molecule has 4 rings (SSSR count). The molecule has 7 heteroatoms. The minimum atomic E-state index is 0.429. The van der Waals surface area contributed by atoms with E-state index in [2.05, 4.69) is 20.3 Å². The van der Waals surface area contributed by atoms with Gasteiger partial charge in [-0.1, -0.05) is 6.07 Å². The van der Waals surface area contributed by atoms with Crippen LogP contribution in [0.3, 0.4) is 0 Å². The Labute approximate surface area is 175 Å². The molecule has 0 saturated carbocycles. The van der Waals surface area contributed by atoms with E-state index in [4.69, 9.17) is 10.5 Å². The van der Waals surface area contributed by atoms with Crippen LogP contribution in [0.4, 0.5) is 22.9 Å². The molecule has 2 aromatic heterocycles. The van der Waals surface area contributed by atoms with Crippen LogP contribution in [0.25, 0.3) is 10.9 Å². The smallest absolute Gasteiger partial charge is 0.141 e. The molecule has 2 aromatic carbocycles. The number of aryl methyl sites for hydroxylation is 1. The van der Waals surface area contributed by atoms with Crippen LogP contribution < -0.4 is 20.7 Å². The molecule has 0 aliphatic carbocycles. The largest absolute Gasteiger partial charge is 0.487 e. The SMILES string of the molecule is Cc1cc(Nc2ncnc3cc(N(C)C)c(N)cc23)ccc1OCc1ccccn1. The topological polar surface area (TPSA) is 89.2 Å². The third kappa shape index (κ3) is 4.10. The van der Waals surface area contributed by atoms with Gasteiger partial charge in [-0.2, -0.15) is 0 Å². The summed E-state index contributed by atoms with van der Waals surface area (Å²) in [5, 5.41) is 4.25. The average Bonchev–Trinajstić information content (AvgIpc) is 2.74. The number of fused-ring (bicyclic) bond motifs is 1. The highest BCUT2D eigenvalue weighted by Crippen LogP contribution is 2.32. The van der Waals surface area contributed by atoms with Gasteiger partial charge in [-0.15, -0.1) is 0 Å². The standard InChI is InChI=1S/C23H24N6O/c1-15-10-16(7-8-22(15)30-13-17-6-4-5-9-25-17)28-23-18-11-19(24)21(29(2)3)12-20(18)26-14-27-23/h4-12,14H,13,24H2,1-3H3,(H,26,27,28). The number of nitrogens with zero attached hydrogens (tertiary/aromatic N) is 4. The van der Waals surface area contributed by atoms with Gasteiger partial charge in [0.2, 0.25) is 0 Å². The second-order valence-corrected chi connectivity index (χ2v) is 7.26. The van der Waals surface area contributed by atoms with E-state index in [1.165, 1.54) is 0 Å². The van der Waals surface area contributed by atoms with E-state index in [9.17, 15) is 0 Å². The molecule has 0 unspecified atom stereocenters. The van der Waals surface area contributed by atoms with E-state index in [1.807, 2.05) is 74.4 Å². The molecule has 0 aliphatic rings. The number of hydrogen-bond donors (Lipinski definition) is 2. The summed E-state index contributed by atoms with van der Waals surface area (Å²) >= 11 is 0. The summed E-state index contributed by atoms with van der Waals surface area (Å²) < 4.78 is 5.91. The van der Waals surface area contributed by atoms with Crippen LogP contribution in [-0.2, 0) is 6.61 Å². The summed E-state index contributed by atoms with van der Waals surface area (Å²) in [6.45, 7) is 2.44. The highest BCUT2D eigenvalue weighted by Gasteiger charge is 2.10. The number of ether oxygens (including phenoxy) is 1. The summed E-state index contributed by atoms with van der Waals surface area (Å²) in [5.74, 6) is 1.53. The second kappa shape index (κ2) is 8.24. The Hall–Kier alpha value is -3.87. The van der Waals surface area contributed by atoms with Gasteiger partial charge >= 0.3 is 0 Å². The highest BCUT2D eigenvalue weighted by atomic mass is 16.5. The highest BCUT2D eigenvalue weighted by molar-refractivity contribution is 5.96. The fourth-order valence-corrected chi connectivity index (χ4v) is 3.26. The van der Waals surface area contributed by atoms with Crippen molar-refractivity contribution in [2.75, 3.05) is 30.0 Å². The van der Waals surface area contributed by atoms with Crippen LogP contribution in [0.5, 0.6) is 5.75 Å². The van der Waals surface area contributed by atoms with Crippen LogP contribution in [-0.4, -0.2) is 29.0 Å². The lowest BCUT2D eigenvalue weighted by Gasteiger charge is -2.17. The summed E-state index contributed by atoms with van der Waals surface area (Å²) in [6, 6.07) is 15.6. The molecule has 0 atom stereocenters. The molecular weight excluding hydrogens is 376 g/mol. The minimum absolute atomic E-state index is 0.429. The van der Waals surface area contributed by atoms with E-state index in [1.54, 1.807) is 12.5 Å². The van der Waals surface area contributed by atoms with Crippen molar-refractivity contribution in [3.63, 3.8) is 0 Å². The maximum absolute atomic E-state index is 6.23. The van der Waals surface area contributed by atoms with Crippen LogP contribution in [0.1, 0.15) is 11.3 Å². The van der Waals surface area contributed by atoms with E-state index < -0.39 is 0 Å². The fraction of sp³-hybridized carbons (Fsp3) is 0.174. The first-order valence-corrected chi connectivity index (χ1v) is 9.63. The fourth-order valence-electron chi connectivity index (χ4n) is 3.26. The van der Waals surface area contributed by atoms with Gasteiger partial charge in [0.1, 0.15) is 24.5 Å². The lowest BCUT2D eigenvalue weighted by molar-refractivity contribution is 0.299. The first-order valence-electron chi connectivity index (χ1n) is 9.63. The molecule has 0 saturated heterocycles. The molecule has 4 aromatic rings. The lowest BCUT2D eigenvalue weighted by atomic mass is 10.1. The van der Waals surface area contributed by atoms with Gasteiger partial charge in [-0.05, 0) is 55.0 Å². The third-order valence-electron chi connectivity index (χ3n) is 4.80. The van der Waals surface area contributed by atoms with Crippen LogP contribution >= 0.6 is 0 Å². The lowest BCUT2D eigenvalue weighted by Crippen LogP contribution is -2.11. The molecule has 0 bridgehead atoms. The normalized spacial score (nSPS) is 10.8. The molecular formula is C23H24N6O. The van der Waals surface area contributed by atoms with Crippen molar-refractivity contribution in [1.82, 2.24) is 15.0 Å². The van der Waals surface area contributed by atoms with Gasteiger partial charge in [-0.25, -0.2) is 9.97 Å². The Balaban J connectivity index is 1.56. The Morgan fingerprint density at radius 1 is 1.03 bits per heavy atom. The first kappa shape index (κ1) is 19.4. The zero-order chi connectivity index (χ0) is 21.1. The number of benzene rings is 2. The van der Waals surface area contributed by atoms with E-state index in [-0.39, 0.29) is 0 Å². The molecule has 152 valence electrons. The Bertz CT molecular complexity index is 1180. The Kier molecular flexibility index (Phi) is 5.34. The molecule has 7 nitrogen and oxygen atoms in total. The van der Waals surface area contributed by atoms with Crippen molar-refractivity contribution in [3.05, 3.63) is 72.3 Å². The number of pyridine rings is 1. The molecule has 0 radical (unpaired) electrons. The second-order valence-electron chi connectivity index (χ2n) is 7.26. The van der Waals surface area contributed by atoms with Gasteiger partial charge < -0.3 is 20.7 Å². The zero-order valence-corrected chi connectivity index (χ0v) is 17.3. The Morgan fingerprint density at radius 3 is 2.63 bits per heavy atom. The third-order valence-corrected chi connectivity index (χ3v) is 4.80. The molecule has 30 heavy (non-hydrogen) atoms. The van der Waals surface area contributed by atoms with Crippen LogP contribution in [0.2, 0.25) is 0 Å². The van der Waals surface area contributed by atoms with E-state index >= 15 is 0 Å². The monoisotopic (exact) mass is 400 g/mol. The van der Waals surface area contributed by atoms with Crippen molar-refractivity contribution >= 4 is 33.8 Å². The quantitative estimate of drug-likeness (QED) is 0.466. The van der Waals surface area contributed by atoms with Crippen LogP contribution in [0, 0.1) is 6.92 Å². The predicted molar refractivity (Wildman–Crippen MR) is 121 cm³/mol. The van der Waals surface area contributed by atoms with Gasteiger partial charge in [-0.3, -0.25) is 4.98 Å². The minimum Gasteiger partial charge on any atom is -0.487 e. The number of hydrogen-bond acceptors (Lipinski definition) is 7. The molecule has 0 fully saturated rings. The summed E-state index contributed by atoms with van der Waals surface area (Å²) in [6.07, 6.45) is 3.32. The zero-order valence-electron chi connectivity index (χ0n) is 17.3. The van der Waals surface area contributed by atoms with Crippen molar-refractivity contribution in [2.24, 2.45) is 0 Å². The number of nitrogen functional groups attached to an aromatic ring is 1. The number of rotatable bonds is 6. The number of aromatic nitrogens is 3. The van der Waals surface area contributed by atoms with Gasteiger partial charge in [0.15, 0.2) is 0 Å². The molecule has 0 amide bonds. The molecule has 0 spiro atoms. The van der Waals surface area contributed by atoms with Gasteiger partial charge in [0.25, 0.3) is 0 Å². The van der Waals surface area contributed by atoms with E-state index in [0.717, 1.165) is 39.3 Å². The maximum Gasteiger partial charge on any atom is 0.141 e. The predicted octanol–water partition coefficient (Wildman–Crippen LogP) is 4.30. The Morgan fingerprint density at radius 2 is 1.90 bits per heavy atom. The first-order chi connectivity index (χ1) is 14.5. The summed E-state index contributed by atoms with van der Waals surface area (Å²) in [5.41, 5.74) is 11.5. The number of nitrogens with two attached hydrogens (primary N) is 1. The molecule has 3 N–H and O–H groups in total. The number of anilines is 4. The van der Waals surface area contributed by atoms with Crippen molar-refractivity contribution < 1.29 is 4.74 Å². The molecule has 0 aliphatic heterocycles. The maximum atomic E-state index is 6.23. The van der Waals surface area contributed by atoms with Crippen molar-refractivity contribution in [2.45, 2.75) is 13.5 Å². The van der Waals surface area contributed by atoms with Crippen molar-refractivity contribution in [3.8, 4) is 5.75 Å². The molecule has 2 heterocycles. The summed E-state index contributed by atoms with van der Waals surface area (Å²) in [4.78, 5) is 15.1. The van der Waals surface area contributed by atoms with Gasteiger partial charge in [0.05, 0.1) is 22.6 Å². The van der Waals surface area contributed by atoms with E-state index in [0.29, 0.717) is 18.1 Å². The summed E-state index contributed by atoms with van der Waals surface area (Å²) in [7, 11) is 3.91. The van der Waals surface area contributed by atoms with Crippen molar-refractivity contribution in [1.29, 1.82) is 0 Å². The average molecular weight is 400 g/mol.